The summed E-state index contributed by atoms with van der Waals surface area (Å²) in [5.74, 6) is -2.39. The fourth-order valence-corrected chi connectivity index (χ4v) is 3.46. The molecule has 0 radical (unpaired) electrons. The van der Waals surface area contributed by atoms with Gasteiger partial charge in [-0.1, -0.05) is 6.42 Å². The predicted octanol–water partition coefficient (Wildman–Crippen LogP) is -0.348. The zero-order valence-corrected chi connectivity index (χ0v) is 22.1. The summed E-state index contributed by atoms with van der Waals surface area (Å²) in [6.45, 7) is 3.30. The van der Waals surface area contributed by atoms with Crippen LogP contribution in [0.5, 0.6) is 0 Å². The fraction of sp³-hybridized carbons (Fsp3) is 0.680. The van der Waals surface area contributed by atoms with E-state index in [0.717, 1.165) is 6.42 Å². The topological polar surface area (TPSA) is 167 Å². The molecule has 218 valence electrons. The van der Waals surface area contributed by atoms with Crippen molar-refractivity contribution in [1.29, 1.82) is 0 Å². The van der Waals surface area contributed by atoms with E-state index in [1.165, 1.54) is 17.1 Å². The molecule has 1 N–H and O–H groups in total. The van der Waals surface area contributed by atoms with Gasteiger partial charge in [-0.15, -0.1) is 5.06 Å². The van der Waals surface area contributed by atoms with Crippen molar-refractivity contribution in [2.24, 2.45) is 0 Å². The van der Waals surface area contributed by atoms with Gasteiger partial charge in [-0.2, -0.15) is 0 Å². The number of imide groups is 2. The summed E-state index contributed by atoms with van der Waals surface area (Å²) in [7, 11) is 0. The van der Waals surface area contributed by atoms with Crippen molar-refractivity contribution in [1.82, 2.24) is 15.3 Å². The van der Waals surface area contributed by atoms with Gasteiger partial charge in [0, 0.05) is 44.5 Å². The summed E-state index contributed by atoms with van der Waals surface area (Å²) in [5, 5.41) is 3.28. The highest BCUT2D eigenvalue weighted by molar-refractivity contribution is 6.12. The van der Waals surface area contributed by atoms with Crippen molar-refractivity contribution in [3.8, 4) is 0 Å². The van der Waals surface area contributed by atoms with Crippen molar-refractivity contribution in [2.45, 2.75) is 44.9 Å². The lowest BCUT2D eigenvalue weighted by Crippen LogP contribution is -2.32. The van der Waals surface area contributed by atoms with Crippen LogP contribution in [0.2, 0.25) is 0 Å². The normalized spacial score (nSPS) is 15.1. The molecule has 2 aliphatic heterocycles. The third kappa shape index (κ3) is 13.4. The van der Waals surface area contributed by atoms with Crippen LogP contribution in [-0.2, 0) is 52.6 Å². The van der Waals surface area contributed by atoms with Gasteiger partial charge >= 0.3 is 5.97 Å². The number of rotatable bonds is 22. The van der Waals surface area contributed by atoms with Crippen LogP contribution in [0.25, 0.3) is 0 Å². The summed E-state index contributed by atoms with van der Waals surface area (Å²) < 4.78 is 21.4. The fourth-order valence-electron chi connectivity index (χ4n) is 3.46. The van der Waals surface area contributed by atoms with Crippen molar-refractivity contribution in [3.63, 3.8) is 0 Å². The average Bonchev–Trinajstić information content (AvgIpc) is 3.40. The maximum absolute atomic E-state index is 11.8. The minimum Gasteiger partial charge on any atom is -0.378 e. The SMILES string of the molecule is O=C(CCCCCN1C(=O)C=CC1=O)NCCOCCOCCOCCOCCC(=O)ON1C(=O)CCC1=O. The highest BCUT2D eigenvalue weighted by Gasteiger charge is 2.32. The van der Waals surface area contributed by atoms with Crippen LogP contribution in [0.4, 0.5) is 0 Å². The molecule has 2 aliphatic rings. The molecule has 0 aromatic carbocycles. The van der Waals surface area contributed by atoms with Crippen LogP contribution in [0.1, 0.15) is 44.9 Å². The molecule has 0 unspecified atom stereocenters. The standard InChI is InChI=1S/C25H37N3O11/c29-20(4-2-1-3-11-27-21(30)5-6-22(27)31)26-10-13-36-15-17-38-19-18-37-16-14-35-12-9-25(34)39-28-23(32)7-8-24(28)33/h5-6H,1-4,7-19H2,(H,26,29). The largest absolute Gasteiger partial charge is 0.378 e. The van der Waals surface area contributed by atoms with Gasteiger partial charge in [0.1, 0.15) is 0 Å². The van der Waals surface area contributed by atoms with E-state index in [9.17, 15) is 28.8 Å². The molecule has 14 heteroatoms. The summed E-state index contributed by atoms with van der Waals surface area (Å²) in [5.41, 5.74) is 0. The molecule has 0 spiro atoms. The van der Waals surface area contributed by atoms with Crippen molar-refractivity contribution in [3.05, 3.63) is 12.2 Å². The Bertz CT molecular complexity index is 843. The highest BCUT2D eigenvalue weighted by Crippen LogP contribution is 2.12. The summed E-state index contributed by atoms with van der Waals surface area (Å²) in [6, 6.07) is 0. The number of hydroxylamine groups is 2. The number of hydrogen-bond donors (Lipinski definition) is 1. The second-order valence-corrected chi connectivity index (χ2v) is 8.57. The molecule has 0 aromatic rings. The van der Waals surface area contributed by atoms with Gasteiger partial charge in [-0.05, 0) is 12.8 Å². The van der Waals surface area contributed by atoms with Crippen molar-refractivity contribution in [2.75, 3.05) is 65.9 Å². The molecular weight excluding hydrogens is 518 g/mol. The average molecular weight is 556 g/mol. The number of ether oxygens (including phenoxy) is 4. The van der Waals surface area contributed by atoms with Crippen LogP contribution in [-0.4, -0.2) is 111 Å². The first-order valence-electron chi connectivity index (χ1n) is 13.1. The molecule has 1 fully saturated rings. The lowest BCUT2D eigenvalue weighted by atomic mass is 10.2. The van der Waals surface area contributed by atoms with E-state index >= 15 is 0 Å². The van der Waals surface area contributed by atoms with Crippen LogP contribution >= 0.6 is 0 Å². The quantitative estimate of drug-likeness (QED) is 0.137. The third-order valence-electron chi connectivity index (χ3n) is 5.52. The first-order chi connectivity index (χ1) is 18.9. The minimum absolute atomic E-state index is 0.0504. The molecule has 0 aromatic heterocycles. The Morgan fingerprint density at radius 1 is 0.692 bits per heavy atom. The Hall–Kier alpha value is -3.20. The Kier molecular flexibility index (Phi) is 15.6. The molecule has 1 saturated heterocycles. The zero-order chi connectivity index (χ0) is 28.3. The zero-order valence-electron chi connectivity index (χ0n) is 22.1. The molecule has 5 amide bonds. The number of amides is 5. The number of hydrogen-bond acceptors (Lipinski definition) is 11. The van der Waals surface area contributed by atoms with E-state index in [1.807, 2.05) is 0 Å². The molecule has 0 atom stereocenters. The maximum Gasteiger partial charge on any atom is 0.335 e. The second kappa shape index (κ2) is 19.0. The van der Waals surface area contributed by atoms with Crippen LogP contribution in [0, 0.1) is 0 Å². The van der Waals surface area contributed by atoms with E-state index in [4.69, 9.17) is 23.8 Å². The van der Waals surface area contributed by atoms with Gasteiger partial charge in [-0.3, -0.25) is 28.9 Å². The number of carbonyl (C=O) groups excluding carboxylic acids is 6. The van der Waals surface area contributed by atoms with Crippen LogP contribution < -0.4 is 5.32 Å². The van der Waals surface area contributed by atoms with E-state index in [0.29, 0.717) is 77.1 Å². The first-order valence-corrected chi connectivity index (χ1v) is 13.1. The maximum atomic E-state index is 11.8. The van der Waals surface area contributed by atoms with Crippen LogP contribution in [0.3, 0.4) is 0 Å². The molecule has 0 saturated carbocycles. The van der Waals surface area contributed by atoms with Gasteiger partial charge in [-0.25, -0.2) is 4.79 Å². The van der Waals surface area contributed by atoms with Gasteiger partial charge in [0.25, 0.3) is 23.6 Å². The Morgan fingerprint density at radius 2 is 1.23 bits per heavy atom. The molecule has 2 rings (SSSR count). The number of unbranched alkanes of at least 4 members (excludes halogenated alkanes) is 2. The molecule has 2 heterocycles. The van der Waals surface area contributed by atoms with Crippen LogP contribution in [0.15, 0.2) is 12.2 Å². The first kappa shape index (κ1) is 32.0. The third-order valence-corrected chi connectivity index (χ3v) is 5.52. The molecular formula is C25H37N3O11. The summed E-state index contributed by atoms with van der Waals surface area (Å²) in [6.07, 6.45) is 5.01. The number of nitrogens with zero attached hydrogens (tertiary/aromatic N) is 2. The predicted molar refractivity (Wildman–Crippen MR) is 132 cm³/mol. The monoisotopic (exact) mass is 555 g/mol. The molecule has 14 nitrogen and oxygen atoms in total. The Labute approximate surface area is 226 Å². The second-order valence-electron chi connectivity index (χ2n) is 8.57. The smallest absolute Gasteiger partial charge is 0.335 e. The van der Waals surface area contributed by atoms with Gasteiger partial charge in [0.15, 0.2) is 0 Å². The lowest BCUT2D eigenvalue weighted by Gasteiger charge is -2.13. The summed E-state index contributed by atoms with van der Waals surface area (Å²) in [4.78, 5) is 74.9. The van der Waals surface area contributed by atoms with Gasteiger partial charge < -0.3 is 29.1 Å². The van der Waals surface area contributed by atoms with Crippen molar-refractivity contribution < 1.29 is 52.6 Å². The number of carbonyl (C=O) groups is 6. The van der Waals surface area contributed by atoms with Crippen molar-refractivity contribution >= 4 is 35.5 Å². The molecule has 0 aliphatic carbocycles. The minimum atomic E-state index is -0.713. The van der Waals surface area contributed by atoms with Gasteiger partial charge in [0.2, 0.25) is 5.91 Å². The Morgan fingerprint density at radius 3 is 1.82 bits per heavy atom. The van der Waals surface area contributed by atoms with Gasteiger partial charge in [0.05, 0.1) is 59.3 Å². The Balaban J connectivity index is 1.26. The van der Waals surface area contributed by atoms with E-state index in [1.54, 1.807) is 0 Å². The lowest BCUT2D eigenvalue weighted by molar-refractivity contribution is -0.198. The molecule has 0 bridgehead atoms. The van der Waals surface area contributed by atoms with E-state index in [-0.39, 0.29) is 50.2 Å². The highest BCUT2D eigenvalue weighted by atomic mass is 16.7. The molecule has 39 heavy (non-hydrogen) atoms. The number of nitrogens with one attached hydrogen (secondary N) is 1. The summed E-state index contributed by atoms with van der Waals surface area (Å²) >= 11 is 0. The van der Waals surface area contributed by atoms with E-state index in [2.05, 4.69) is 5.32 Å². The van der Waals surface area contributed by atoms with E-state index < -0.39 is 17.8 Å².